The number of hydrogen-bond donors (Lipinski definition) is 1. The fraction of sp³-hybridized carbons (Fsp3) is 0.217. The number of aromatic nitrogens is 1. The molecule has 0 aliphatic carbocycles. The van der Waals surface area contributed by atoms with Gasteiger partial charge in [-0.1, -0.05) is 12.1 Å². The maximum atomic E-state index is 12.9. The molecule has 1 aromatic heterocycles. The van der Waals surface area contributed by atoms with Crippen LogP contribution in [0.5, 0.6) is 11.5 Å². The predicted octanol–water partition coefficient (Wildman–Crippen LogP) is 4.57. The van der Waals surface area contributed by atoms with Crippen LogP contribution in [0, 0.1) is 6.92 Å². The van der Waals surface area contributed by atoms with Gasteiger partial charge in [0.05, 0.1) is 11.9 Å². The van der Waals surface area contributed by atoms with E-state index in [-0.39, 0.29) is 5.91 Å². The minimum atomic E-state index is -0.121. The number of benzene rings is 2. The molecule has 6 nitrogen and oxygen atoms in total. The number of fused-ring (bicyclic) bond motifs is 1. The molecule has 0 saturated heterocycles. The Labute approximate surface area is 170 Å². The molecule has 0 atom stereocenters. The standard InChI is InChI=1S/C23H23N3O3/c1-3-26(19-6-4-5-16(2)13-19)23(27)20-9-7-18(15-24-20)25-17-8-10-21-22(14-17)29-12-11-28-21/h4-10,13-15,25H,3,11-12H2,1-2H3. The highest BCUT2D eigenvalue weighted by Crippen LogP contribution is 2.33. The number of nitrogens with zero attached hydrogens (tertiary/aromatic N) is 2. The summed E-state index contributed by atoms with van der Waals surface area (Å²) in [5, 5.41) is 3.28. The van der Waals surface area contributed by atoms with E-state index in [1.54, 1.807) is 17.2 Å². The molecule has 3 aromatic rings. The van der Waals surface area contributed by atoms with Crippen molar-refractivity contribution in [1.82, 2.24) is 4.98 Å². The Hall–Kier alpha value is -3.54. The molecule has 0 bridgehead atoms. The molecule has 148 valence electrons. The summed E-state index contributed by atoms with van der Waals surface area (Å²) >= 11 is 0. The Balaban J connectivity index is 1.49. The van der Waals surface area contributed by atoms with Gasteiger partial charge in [0.1, 0.15) is 18.9 Å². The summed E-state index contributed by atoms with van der Waals surface area (Å²) < 4.78 is 11.2. The summed E-state index contributed by atoms with van der Waals surface area (Å²) in [7, 11) is 0. The Kier molecular flexibility index (Phi) is 5.33. The van der Waals surface area contributed by atoms with Gasteiger partial charge in [0.2, 0.25) is 0 Å². The van der Waals surface area contributed by atoms with Crippen LogP contribution < -0.4 is 19.7 Å². The van der Waals surface area contributed by atoms with E-state index >= 15 is 0 Å². The zero-order valence-corrected chi connectivity index (χ0v) is 16.5. The number of nitrogens with one attached hydrogen (secondary N) is 1. The number of carbonyl (C=O) groups is 1. The van der Waals surface area contributed by atoms with Gasteiger partial charge in [-0.3, -0.25) is 4.79 Å². The molecular formula is C23H23N3O3. The van der Waals surface area contributed by atoms with Crippen LogP contribution in [0.3, 0.4) is 0 Å². The van der Waals surface area contributed by atoms with Crippen LogP contribution >= 0.6 is 0 Å². The van der Waals surface area contributed by atoms with Gasteiger partial charge in [-0.15, -0.1) is 0 Å². The van der Waals surface area contributed by atoms with Gasteiger partial charge in [-0.2, -0.15) is 0 Å². The fourth-order valence-electron chi connectivity index (χ4n) is 3.26. The minimum absolute atomic E-state index is 0.121. The summed E-state index contributed by atoms with van der Waals surface area (Å²) in [5.74, 6) is 1.35. The third-order valence-corrected chi connectivity index (χ3v) is 4.69. The van der Waals surface area contributed by atoms with Crippen LogP contribution in [0.4, 0.5) is 17.1 Å². The number of amides is 1. The van der Waals surface area contributed by atoms with E-state index in [1.807, 2.05) is 62.4 Å². The van der Waals surface area contributed by atoms with Crippen LogP contribution in [0.1, 0.15) is 23.0 Å². The smallest absolute Gasteiger partial charge is 0.276 e. The molecule has 2 heterocycles. The van der Waals surface area contributed by atoms with Gasteiger partial charge in [-0.25, -0.2) is 4.98 Å². The second-order valence-electron chi connectivity index (χ2n) is 6.80. The van der Waals surface area contributed by atoms with Crippen LogP contribution in [-0.4, -0.2) is 30.6 Å². The maximum Gasteiger partial charge on any atom is 0.276 e. The van der Waals surface area contributed by atoms with Crippen LogP contribution in [0.15, 0.2) is 60.8 Å². The SMILES string of the molecule is CCN(C(=O)c1ccc(Nc2ccc3c(c2)OCCO3)cn1)c1cccc(C)c1. The van der Waals surface area contributed by atoms with E-state index in [0.29, 0.717) is 25.5 Å². The molecule has 0 radical (unpaired) electrons. The molecule has 1 aliphatic heterocycles. The molecule has 29 heavy (non-hydrogen) atoms. The third kappa shape index (κ3) is 4.16. The van der Waals surface area contributed by atoms with Gasteiger partial charge in [-0.05, 0) is 55.8 Å². The molecule has 1 N–H and O–H groups in total. The quantitative estimate of drug-likeness (QED) is 0.692. The van der Waals surface area contributed by atoms with Gasteiger partial charge < -0.3 is 19.7 Å². The van der Waals surface area contributed by atoms with E-state index in [4.69, 9.17) is 9.47 Å². The normalized spacial score (nSPS) is 12.3. The van der Waals surface area contributed by atoms with Crippen molar-refractivity contribution < 1.29 is 14.3 Å². The zero-order valence-electron chi connectivity index (χ0n) is 16.5. The van der Waals surface area contributed by atoms with Gasteiger partial charge in [0, 0.05) is 24.0 Å². The molecule has 1 aliphatic rings. The van der Waals surface area contributed by atoms with Crippen LogP contribution in [0.2, 0.25) is 0 Å². The molecule has 0 saturated carbocycles. The second-order valence-corrected chi connectivity index (χ2v) is 6.80. The van der Waals surface area contributed by atoms with E-state index in [0.717, 1.165) is 34.1 Å². The molecule has 2 aromatic carbocycles. The molecule has 0 spiro atoms. The number of carbonyl (C=O) groups excluding carboxylic acids is 1. The Morgan fingerprint density at radius 1 is 1.03 bits per heavy atom. The largest absolute Gasteiger partial charge is 0.486 e. The number of anilines is 3. The molecule has 0 fully saturated rings. The lowest BCUT2D eigenvalue weighted by Gasteiger charge is -2.21. The molecule has 0 unspecified atom stereocenters. The fourth-order valence-corrected chi connectivity index (χ4v) is 3.26. The van der Waals surface area contributed by atoms with Crippen molar-refractivity contribution >= 4 is 23.0 Å². The van der Waals surface area contributed by atoms with E-state index in [1.165, 1.54) is 0 Å². The summed E-state index contributed by atoms with van der Waals surface area (Å²) in [5.41, 5.74) is 4.04. The van der Waals surface area contributed by atoms with Crippen molar-refractivity contribution in [3.8, 4) is 11.5 Å². The van der Waals surface area contributed by atoms with E-state index in [2.05, 4.69) is 10.3 Å². The van der Waals surface area contributed by atoms with Crippen molar-refractivity contribution in [2.24, 2.45) is 0 Å². The molecule has 6 heteroatoms. The van der Waals surface area contributed by atoms with Crippen molar-refractivity contribution in [2.45, 2.75) is 13.8 Å². The Morgan fingerprint density at radius 3 is 2.55 bits per heavy atom. The van der Waals surface area contributed by atoms with Crippen molar-refractivity contribution in [3.05, 3.63) is 72.1 Å². The maximum absolute atomic E-state index is 12.9. The zero-order chi connectivity index (χ0) is 20.2. The number of pyridine rings is 1. The molecular weight excluding hydrogens is 366 g/mol. The predicted molar refractivity (Wildman–Crippen MR) is 113 cm³/mol. The average Bonchev–Trinajstić information content (AvgIpc) is 2.75. The Morgan fingerprint density at radius 2 is 1.83 bits per heavy atom. The Bertz CT molecular complexity index is 1020. The van der Waals surface area contributed by atoms with Gasteiger partial charge in [0.25, 0.3) is 5.91 Å². The molecule has 1 amide bonds. The first-order valence-electron chi connectivity index (χ1n) is 9.65. The van der Waals surface area contributed by atoms with Crippen molar-refractivity contribution in [3.63, 3.8) is 0 Å². The monoisotopic (exact) mass is 389 g/mol. The topological polar surface area (TPSA) is 63.7 Å². The van der Waals surface area contributed by atoms with Gasteiger partial charge in [0.15, 0.2) is 11.5 Å². The minimum Gasteiger partial charge on any atom is -0.486 e. The lowest BCUT2D eigenvalue weighted by atomic mass is 10.2. The second kappa shape index (κ2) is 8.22. The summed E-state index contributed by atoms with van der Waals surface area (Å²) in [6, 6.07) is 17.2. The van der Waals surface area contributed by atoms with Gasteiger partial charge >= 0.3 is 0 Å². The van der Waals surface area contributed by atoms with Crippen molar-refractivity contribution in [1.29, 1.82) is 0 Å². The highest BCUT2D eigenvalue weighted by molar-refractivity contribution is 6.04. The van der Waals surface area contributed by atoms with E-state index in [9.17, 15) is 4.79 Å². The average molecular weight is 389 g/mol. The third-order valence-electron chi connectivity index (χ3n) is 4.69. The summed E-state index contributed by atoms with van der Waals surface area (Å²) in [6.07, 6.45) is 1.66. The number of rotatable bonds is 5. The molecule has 4 rings (SSSR count). The number of hydrogen-bond acceptors (Lipinski definition) is 5. The highest BCUT2D eigenvalue weighted by atomic mass is 16.6. The first-order valence-corrected chi connectivity index (χ1v) is 9.65. The number of aryl methyl sites for hydroxylation is 1. The van der Waals surface area contributed by atoms with Crippen LogP contribution in [-0.2, 0) is 0 Å². The first kappa shape index (κ1) is 18.8. The lowest BCUT2D eigenvalue weighted by Crippen LogP contribution is -2.31. The first-order chi connectivity index (χ1) is 14.1. The summed E-state index contributed by atoms with van der Waals surface area (Å²) in [6.45, 7) is 5.65. The highest BCUT2D eigenvalue weighted by Gasteiger charge is 2.17. The van der Waals surface area contributed by atoms with Crippen LogP contribution in [0.25, 0.3) is 0 Å². The lowest BCUT2D eigenvalue weighted by molar-refractivity contribution is 0.0983. The van der Waals surface area contributed by atoms with Crippen molar-refractivity contribution in [2.75, 3.05) is 30.0 Å². The van der Waals surface area contributed by atoms with E-state index < -0.39 is 0 Å². The number of ether oxygens (including phenoxy) is 2. The summed E-state index contributed by atoms with van der Waals surface area (Å²) in [4.78, 5) is 19.0.